The molecule has 1 aliphatic rings. The third-order valence-electron chi connectivity index (χ3n) is 4.36. The number of nitrogens with one attached hydrogen (secondary N) is 1. The van der Waals surface area contributed by atoms with Crippen molar-refractivity contribution in [1.29, 1.82) is 0 Å². The number of amides is 1. The van der Waals surface area contributed by atoms with Crippen LogP contribution >= 0.6 is 0 Å². The Balaban J connectivity index is 1.99. The standard InChI is InChI=1S/C18H21N3O3/c1-20-10-5-7-14(17(20)22)18(23)21-11-9-19-12-15(21)13-6-3-4-8-16(13)24-2/h3-8,10,15,19H,9,11-12H2,1-2H3. The van der Waals surface area contributed by atoms with Crippen LogP contribution in [0.25, 0.3) is 0 Å². The first kappa shape index (κ1) is 16.3. The smallest absolute Gasteiger partial charge is 0.263 e. The third-order valence-corrected chi connectivity index (χ3v) is 4.36. The number of carbonyl (C=O) groups is 1. The van der Waals surface area contributed by atoms with E-state index in [0.717, 1.165) is 11.3 Å². The lowest BCUT2D eigenvalue weighted by atomic mass is 10.0. The van der Waals surface area contributed by atoms with Crippen molar-refractivity contribution in [3.8, 4) is 5.75 Å². The first-order valence-electron chi connectivity index (χ1n) is 7.93. The van der Waals surface area contributed by atoms with Gasteiger partial charge >= 0.3 is 0 Å². The summed E-state index contributed by atoms with van der Waals surface area (Å²) in [7, 11) is 3.27. The summed E-state index contributed by atoms with van der Waals surface area (Å²) in [5.41, 5.74) is 0.856. The Hall–Kier alpha value is -2.60. The van der Waals surface area contributed by atoms with E-state index < -0.39 is 0 Å². The number of para-hydroxylation sites is 1. The molecule has 1 saturated heterocycles. The molecule has 1 unspecified atom stereocenters. The molecule has 6 heteroatoms. The van der Waals surface area contributed by atoms with Crippen LogP contribution in [0.1, 0.15) is 22.0 Å². The Morgan fingerprint density at radius 3 is 2.83 bits per heavy atom. The van der Waals surface area contributed by atoms with Gasteiger partial charge in [0.15, 0.2) is 0 Å². The van der Waals surface area contributed by atoms with E-state index in [-0.39, 0.29) is 23.1 Å². The Kier molecular flexibility index (Phi) is 4.66. The van der Waals surface area contributed by atoms with Gasteiger partial charge < -0.3 is 19.5 Å². The second-order valence-electron chi connectivity index (χ2n) is 5.80. The van der Waals surface area contributed by atoms with Crippen molar-refractivity contribution in [3.05, 3.63) is 64.1 Å². The van der Waals surface area contributed by atoms with E-state index in [1.54, 1.807) is 37.4 Å². The lowest BCUT2D eigenvalue weighted by Gasteiger charge is -2.37. The van der Waals surface area contributed by atoms with Gasteiger partial charge in [-0.2, -0.15) is 0 Å². The summed E-state index contributed by atoms with van der Waals surface area (Å²) < 4.78 is 6.87. The van der Waals surface area contributed by atoms with Crippen LogP contribution in [0.3, 0.4) is 0 Å². The molecule has 1 aliphatic heterocycles. The van der Waals surface area contributed by atoms with Crippen LogP contribution in [0.2, 0.25) is 0 Å². The Morgan fingerprint density at radius 1 is 1.25 bits per heavy atom. The molecule has 0 aliphatic carbocycles. The fourth-order valence-electron chi connectivity index (χ4n) is 3.08. The van der Waals surface area contributed by atoms with E-state index in [1.165, 1.54) is 4.57 Å². The lowest BCUT2D eigenvalue weighted by Crippen LogP contribution is -2.49. The first-order valence-corrected chi connectivity index (χ1v) is 7.93. The molecular weight excluding hydrogens is 306 g/mol. The zero-order valence-electron chi connectivity index (χ0n) is 13.9. The average molecular weight is 327 g/mol. The molecule has 2 aromatic rings. The largest absolute Gasteiger partial charge is 0.496 e. The number of piperazine rings is 1. The number of ether oxygens (including phenoxy) is 1. The average Bonchev–Trinajstić information content (AvgIpc) is 2.63. The molecule has 1 fully saturated rings. The van der Waals surface area contributed by atoms with Gasteiger partial charge in [0, 0.05) is 38.4 Å². The normalized spacial score (nSPS) is 17.6. The van der Waals surface area contributed by atoms with Crippen molar-refractivity contribution in [2.24, 2.45) is 7.05 Å². The summed E-state index contributed by atoms with van der Waals surface area (Å²) in [6.45, 7) is 1.86. The minimum atomic E-state index is -0.278. The fourth-order valence-corrected chi connectivity index (χ4v) is 3.08. The highest BCUT2D eigenvalue weighted by molar-refractivity contribution is 5.94. The fraction of sp³-hybridized carbons (Fsp3) is 0.333. The highest BCUT2D eigenvalue weighted by Crippen LogP contribution is 2.30. The van der Waals surface area contributed by atoms with Crippen LogP contribution in [0.5, 0.6) is 5.75 Å². The highest BCUT2D eigenvalue weighted by Gasteiger charge is 2.31. The van der Waals surface area contributed by atoms with E-state index in [2.05, 4.69) is 5.32 Å². The molecule has 0 spiro atoms. The molecule has 3 rings (SSSR count). The van der Waals surface area contributed by atoms with Gasteiger partial charge in [0.2, 0.25) is 0 Å². The van der Waals surface area contributed by atoms with Crippen molar-refractivity contribution in [1.82, 2.24) is 14.8 Å². The molecule has 24 heavy (non-hydrogen) atoms. The van der Waals surface area contributed by atoms with Crippen molar-refractivity contribution in [2.45, 2.75) is 6.04 Å². The van der Waals surface area contributed by atoms with Crippen LogP contribution in [0.4, 0.5) is 0 Å². The van der Waals surface area contributed by atoms with Gasteiger partial charge in [0.1, 0.15) is 11.3 Å². The van der Waals surface area contributed by atoms with Crippen LogP contribution in [0.15, 0.2) is 47.4 Å². The number of nitrogens with zero attached hydrogens (tertiary/aromatic N) is 2. The maximum atomic E-state index is 13.0. The molecule has 0 saturated carbocycles. The molecule has 1 aromatic carbocycles. The van der Waals surface area contributed by atoms with Crippen molar-refractivity contribution in [3.63, 3.8) is 0 Å². The van der Waals surface area contributed by atoms with Crippen molar-refractivity contribution >= 4 is 5.91 Å². The van der Waals surface area contributed by atoms with Crippen LogP contribution in [-0.4, -0.2) is 42.1 Å². The number of rotatable bonds is 3. The number of methoxy groups -OCH3 is 1. The number of hydrogen-bond donors (Lipinski definition) is 1. The summed E-state index contributed by atoms with van der Waals surface area (Å²) in [4.78, 5) is 27.0. The van der Waals surface area contributed by atoms with Gasteiger partial charge in [-0.15, -0.1) is 0 Å². The van der Waals surface area contributed by atoms with Crippen LogP contribution < -0.4 is 15.6 Å². The molecule has 1 N–H and O–H groups in total. The molecule has 1 atom stereocenters. The van der Waals surface area contributed by atoms with Gasteiger partial charge in [-0.25, -0.2) is 0 Å². The van der Waals surface area contributed by atoms with Crippen molar-refractivity contribution < 1.29 is 9.53 Å². The Bertz CT molecular complexity index is 800. The molecule has 1 amide bonds. The summed E-state index contributed by atoms with van der Waals surface area (Å²) in [6, 6.07) is 10.8. The molecule has 6 nitrogen and oxygen atoms in total. The summed E-state index contributed by atoms with van der Waals surface area (Å²) in [6.07, 6.45) is 1.65. The minimum absolute atomic E-state index is 0.174. The maximum absolute atomic E-state index is 13.0. The van der Waals surface area contributed by atoms with E-state index in [1.807, 2.05) is 24.3 Å². The summed E-state index contributed by atoms with van der Waals surface area (Å²) >= 11 is 0. The SMILES string of the molecule is COc1ccccc1C1CNCCN1C(=O)c1cccn(C)c1=O. The summed E-state index contributed by atoms with van der Waals surface area (Å²) in [5, 5.41) is 3.31. The predicted molar refractivity (Wildman–Crippen MR) is 91.3 cm³/mol. The monoisotopic (exact) mass is 327 g/mol. The topological polar surface area (TPSA) is 63.6 Å². The van der Waals surface area contributed by atoms with E-state index in [9.17, 15) is 9.59 Å². The zero-order valence-corrected chi connectivity index (χ0v) is 13.9. The van der Waals surface area contributed by atoms with Gasteiger partial charge in [0.05, 0.1) is 13.2 Å². The number of benzene rings is 1. The molecule has 0 radical (unpaired) electrons. The van der Waals surface area contributed by atoms with E-state index in [0.29, 0.717) is 19.6 Å². The Labute approximate surface area is 140 Å². The van der Waals surface area contributed by atoms with Crippen molar-refractivity contribution in [2.75, 3.05) is 26.7 Å². The number of carbonyl (C=O) groups excluding carboxylic acids is 1. The van der Waals surface area contributed by atoms with E-state index in [4.69, 9.17) is 4.74 Å². The number of aryl methyl sites for hydroxylation is 1. The number of pyridine rings is 1. The van der Waals surface area contributed by atoms with Crippen LogP contribution in [0, 0.1) is 0 Å². The quantitative estimate of drug-likeness (QED) is 0.919. The molecular formula is C18H21N3O3. The van der Waals surface area contributed by atoms with Gasteiger partial charge in [-0.05, 0) is 18.2 Å². The van der Waals surface area contributed by atoms with Gasteiger partial charge in [-0.3, -0.25) is 9.59 Å². The molecule has 1 aromatic heterocycles. The number of aromatic nitrogens is 1. The van der Waals surface area contributed by atoms with Gasteiger partial charge in [0.25, 0.3) is 11.5 Å². The van der Waals surface area contributed by atoms with Crippen LogP contribution in [-0.2, 0) is 7.05 Å². The second-order valence-corrected chi connectivity index (χ2v) is 5.80. The van der Waals surface area contributed by atoms with E-state index >= 15 is 0 Å². The maximum Gasteiger partial charge on any atom is 0.263 e. The highest BCUT2D eigenvalue weighted by atomic mass is 16.5. The molecule has 126 valence electrons. The molecule has 2 heterocycles. The molecule has 0 bridgehead atoms. The third kappa shape index (κ3) is 2.92. The zero-order chi connectivity index (χ0) is 17.1. The Morgan fingerprint density at radius 2 is 2.04 bits per heavy atom. The minimum Gasteiger partial charge on any atom is -0.496 e. The predicted octanol–water partition coefficient (Wildman–Crippen LogP) is 1.18. The lowest BCUT2D eigenvalue weighted by molar-refractivity contribution is 0.0629. The first-order chi connectivity index (χ1) is 11.6. The summed E-state index contributed by atoms with van der Waals surface area (Å²) in [5.74, 6) is 0.499. The second kappa shape index (κ2) is 6.88. The van der Waals surface area contributed by atoms with Gasteiger partial charge in [-0.1, -0.05) is 18.2 Å². The number of hydrogen-bond acceptors (Lipinski definition) is 4.